The van der Waals surface area contributed by atoms with E-state index in [9.17, 15) is 9.59 Å². The van der Waals surface area contributed by atoms with Crippen LogP contribution < -0.4 is 0 Å². The number of benzene rings is 1. The van der Waals surface area contributed by atoms with Gasteiger partial charge in [0.05, 0.1) is 11.1 Å². The Morgan fingerprint density at radius 1 is 1.24 bits per heavy atom. The summed E-state index contributed by atoms with van der Waals surface area (Å²) in [7, 11) is 0. The smallest absolute Gasteiger partial charge is 0.339 e. The van der Waals surface area contributed by atoms with E-state index in [0.717, 1.165) is 3.57 Å². The number of rotatable bonds is 2. The lowest BCUT2D eigenvalue weighted by Gasteiger charge is -2.20. The Bertz CT molecular complexity index is 460. The molecule has 1 aromatic rings. The highest BCUT2D eigenvalue weighted by molar-refractivity contribution is 14.1. The van der Waals surface area contributed by atoms with Gasteiger partial charge in [-0.15, -0.1) is 0 Å². The molecule has 0 aromatic heterocycles. The van der Waals surface area contributed by atoms with E-state index in [-0.39, 0.29) is 11.1 Å². The SMILES string of the molecule is CC(C)(C)OC(=O)c1ccc(I)cc1C(=O)O. The van der Waals surface area contributed by atoms with Gasteiger partial charge in [0.15, 0.2) is 0 Å². The minimum Gasteiger partial charge on any atom is -0.478 e. The van der Waals surface area contributed by atoms with Crippen LogP contribution in [0.5, 0.6) is 0 Å². The van der Waals surface area contributed by atoms with Crippen molar-refractivity contribution < 1.29 is 19.4 Å². The maximum Gasteiger partial charge on any atom is 0.339 e. The van der Waals surface area contributed by atoms with Crippen molar-refractivity contribution in [3.63, 3.8) is 0 Å². The second-order valence-corrected chi connectivity index (χ2v) is 5.74. The van der Waals surface area contributed by atoms with E-state index in [1.54, 1.807) is 26.8 Å². The topological polar surface area (TPSA) is 63.6 Å². The Morgan fingerprint density at radius 3 is 2.29 bits per heavy atom. The van der Waals surface area contributed by atoms with Crippen molar-refractivity contribution in [2.75, 3.05) is 0 Å². The number of halogens is 1. The third-order valence-corrected chi connectivity index (χ3v) is 2.50. The predicted molar refractivity (Wildman–Crippen MR) is 71.3 cm³/mol. The van der Waals surface area contributed by atoms with Crippen molar-refractivity contribution in [2.24, 2.45) is 0 Å². The second kappa shape index (κ2) is 5.03. The van der Waals surface area contributed by atoms with Crippen molar-refractivity contribution in [2.45, 2.75) is 26.4 Å². The summed E-state index contributed by atoms with van der Waals surface area (Å²) in [6.07, 6.45) is 0. The Morgan fingerprint density at radius 2 is 1.82 bits per heavy atom. The van der Waals surface area contributed by atoms with Crippen LogP contribution >= 0.6 is 22.6 Å². The van der Waals surface area contributed by atoms with Crippen LogP contribution in [-0.2, 0) is 4.74 Å². The molecule has 0 aliphatic heterocycles. The minimum absolute atomic E-state index is 0.0360. The summed E-state index contributed by atoms with van der Waals surface area (Å²) in [5.41, 5.74) is -0.602. The summed E-state index contributed by atoms with van der Waals surface area (Å²) in [5, 5.41) is 9.03. The molecular formula is C12H13IO4. The molecule has 0 amide bonds. The average molecular weight is 348 g/mol. The zero-order valence-corrected chi connectivity index (χ0v) is 11.9. The van der Waals surface area contributed by atoms with Gasteiger partial charge in [0, 0.05) is 3.57 Å². The van der Waals surface area contributed by atoms with Gasteiger partial charge in [-0.3, -0.25) is 0 Å². The first-order chi connectivity index (χ1) is 7.70. The molecule has 4 nitrogen and oxygen atoms in total. The van der Waals surface area contributed by atoms with Crippen LogP contribution in [0.4, 0.5) is 0 Å². The minimum atomic E-state index is -1.13. The maximum atomic E-state index is 11.8. The number of ether oxygens (including phenoxy) is 1. The summed E-state index contributed by atoms with van der Waals surface area (Å²) >= 11 is 1.99. The van der Waals surface area contributed by atoms with Gasteiger partial charge in [-0.05, 0) is 61.6 Å². The Balaban J connectivity index is 3.14. The first-order valence-electron chi connectivity index (χ1n) is 4.97. The first-order valence-corrected chi connectivity index (χ1v) is 6.05. The van der Waals surface area contributed by atoms with Crippen LogP contribution in [0.25, 0.3) is 0 Å². The van der Waals surface area contributed by atoms with Crippen molar-refractivity contribution in [1.29, 1.82) is 0 Å². The van der Waals surface area contributed by atoms with Gasteiger partial charge in [-0.25, -0.2) is 9.59 Å². The predicted octanol–water partition coefficient (Wildman–Crippen LogP) is 2.94. The lowest BCUT2D eigenvalue weighted by Crippen LogP contribution is -2.25. The van der Waals surface area contributed by atoms with Gasteiger partial charge in [-0.1, -0.05) is 0 Å². The number of aromatic carboxylic acids is 1. The summed E-state index contributed by atoms with van der Waals surface area (Å²) in [6, 6.07) is 4.59. The molecule has 0 saturated carbocycles. The number of carboxylic acid groups (broad SMARTS) is 1. The molecule has 0 radical (unpaired) electrons. The van der Waals surface area contributed by atoms with E-state index in [4.69, 9.17) is 9.84 Å². The third-order valence-electron chi connectivity index (χ3n) is 1.83. The largest absolute Gasteiger partial charge is 0.478 e. The van der Waals surface area contributed by atoms with E-state index >= 15 is 0 Å². The van der Waals surface area contributed by atoms with Crippen LogP contribution in [-0.4, -0.2) is 22.6 Å². The molecule has 0 unspecified atom stereocenters. The highest BCUT2D eigenvalue weighted by Crippen LogP contribution is 2.18. The summed E-state index contributed by atoms with van der Waals surface area (Å²) in [6.45, 7) is 5.20. The molecule has 1 aromatic carbocycles. The highest BCUT2D eigenvalue weighted by atomic mass is 127. The molecule has 0 heterocycles. The summed E-state index contributed by atoms with van der Waals surface area (Å²) in [4.78, 5) is 22.8. The fraction of sp³-hybridized carbons (Fsp3) is 0.333. The van der Waals surface area contributed by atoms with Crippen LogP contribution in [0.3, 0.4) is 0 Å². The lowest BCUT2D eigenvalue weighted by atomic mass is 10.1. The van der Waals surface area contributed by atoms with E-state index in [2.05, 4.69) is 0 Å². The molecule has 92 valence electrons. The zero-order chi connectivity index (χ0) is 13.2. The molecule has 17 heavy (non-hydrogen) atoms. The molecule has 0 aliphatic rings. The molecule has 0 aliphatic carbocycles. The van der Waals surface area contributed by atoms with Gasteiger partial charge in [0.1, 0.15) is 5.60 Å². The van der Waals surface area contributed by atoms with Gasteiger partial charge in [0.2, 0.25) is 0 Å². The van der Waals surface area contributed by atoms with Crippen LogP contribution in [0.2, 0.25) is 0 Å². The van der Waals surface area contributed by atoms with Crippen LogP contribution in [0.1, 0.15) is 41.5 Å². The molecular weight excluding hydrogens is 335 g/mol. The number of carboxylic acids is 1. The number of hydrogen-bond acceptors (Lipinski definition) is 3. The first kappa shape index (κ1) is 14.0. The summed E-state index contributed by atoms with van der Waals surface area (Å²) < 4.78 is 5.91. The Labute approximate surface area is 113 Å². The molecule has 5 heteroatoms. The summed E-state index contributed by atoms with van der Waals surface area (Å²) in [5.74, 6) is -1.75. The normalized spacial score (nSPS) is 11.1. The molecule has 0 spiro atoms. The van der Waals surface area contributed by atoms with Crippen molar-refractivity contribution >= 4 is 34.5 Å². The van der Waals surface area contributed by atoms with Crippen molar-refractivity contribution in [3.8, 4) is 0 Å². The van der Waals surface area contributed by atoms with E-state index in [1.165, 1.54) is 12.1 Å². The second-order valence-electron chi connectivity index (χ2n) is 4.50. The quantitative estimate of drug-likeness (QED) is 0.659. The van der Waals surface area contributed by atoms with E-state index < -0.39 is 17.5 Å². The average Bonchev–Trinajstić information content (AvgIpc) is 2.14. The third kappa shape index (κ3) is 3.99. The fourth-order valence-electron chi connectivity index (χ4n) is 1.20. The number of carbonyl (C=O) groups excluding carboxylic acids is 1. The Kier molecular flexibility index (Phi) is 4.13. The highest BCUT2D eigenvalue weighted by Gasteiger charge is 2.22. The lowest BCUT2D eigenvalue weighted by molar-refractivity contribution is 0.00658. The molecule has 0 bridgehead atoms. The molecule has 1 rings (SSSR count). The number of esters is 1. The van der Waals surface area contributed by atoms with Crippen molar-refractivity contribution in [3.05, 3.63) is 32.9 Å². The zero-order valence-electron chi connectivity index (χ0n) is 9.78. The van der Waals surface area contributed by atoms with Gasteiger partial charge < -0.3 is 9.84 Å². The van der Waals surface area contributed by atoms with E-state index in [0.29, 0.717) is 0 Å². The standard InChI is InChI=1S/C12H13IO4/c1-12(2,3)17-11(16)8-5-4-7(13)6-9(8)10(14)15/h4-6H,1-3H3,(H,14,15). The number of carbonyl (C=O) groups is 2. The van der Waals surface area contributed by atoms with Gasteiger partial charge >= 0.3 is 11.9 Å². The van der Waals surface area contributed by atoms with E-state index in [1.807, 2.05) is 22.6 Å². The fourth-order valence-corrected chi connectivity index (χ4v) is 1.70. The number of hydrogen-bond donors (Lipinski definition) is 1. The van der Waals surface area contributed by atoms with Crippen LogP contribution in [0.15, 0.2) is 18.2 Å². The molecule has 1 N–H and O–H groups in total. The molecule has 0 fully saturated rings. The van der Waals surface area contributed by atoms with Crippen LogP contribution in [0, 0.1) is 3.57 Å². The molecule has 0 atom stereocenters. The van der Waals surface area contributed by atoms with Gasteiger partial charge in [-0.2, -0.15) is 0 Å². The maximum absolute atomic E-state index is 11.8. The monoisotopic (exact) mass is 348 g/mol. The van der Waals surface area contributed by atoms with Crippen molar-refractivity contribution in [1.82, 2.24) is 0 Å². The molecule has 0 saturated heterocycles. The Hall–Kier alpha value is -1.11. The van der Waals surface area contributed by atoms with Gasteiger partial charge in [0.25, 0.3) is 0 Å².